The number of amides is 4. The minimum absolute atomic E-state index is 0.0214. The van der Waals surface area contributed by atoms with Gasteiger partial charge in [-0.25, -0.2) is 18.2 Å². The Labute approximate surface area is 293 Å². The van der Waals surface area contributed by atoms with Crippen LogP contribution in [0.1, 0.15) is 79.6 Å². The maximum atomic E-state index is 14.4. The third-order valence-corrected chi connectivity index (χ3v) is 11.4. The van der Waals surface area contributed by atoms with Gasteiger partial charge in [-0.05, 0) is 60.6 Å². The number of carbonyl (C=O) groups excluding carboxylic acids is 4. The summed E-state index contributed by atoms with van der Waals surface area (Å²) in [6, 6.07) is 4.06. The number of cyclic esters (lactones) is 1. The predicted molar refractivity (Wildman–Crippen MR) is 185 cm³/mol. The molecule has 274 valence electrons. The van der Waals surface area contributed by atoms with Crippen molar-refractivity contribution in [2.45, 2.75) is 109 Å². The van der Waals surface area contributed by atoms with E-state index in [2.05, 4.69) is 20.3 Å². The number of hydrogen-bond donors (Lipinski definition) is 3. The number of hydrogen-bond acceptors (Lipinski definition) is 10. The third kappa shape index (κ3) is 8.77. The monoisotopic (exact) mass is 715 g/mol. The zero-order valence-electron chi connectivity index (χ0n) is 29.4. The highest BCUT2D eigenvalue weighted by Crippen LogP contribution is 2.33. The van der Waals surface area contributed by atoms with E-state index in [9.17, 15) is 27.6 Å². The van der Waals surface area contributed by atoms with Gasteiger partial charge in [0.05, 0.1) is 25.0 Å². The first-order valence-electron chi connectivity index (χ1n) is 17.5. The number of sulfonamides is 1. The average Bonchev–Trinajstić information content (AvgIpc) is 3.85. The number of pyridine rings is 1. The Balaban J connectivity index is 1.49. The lowest BCUT2D eigenvalue weighted by atomic mass is 9.85. The summed E-state index contributed by atoms with van der Waals surface area (Å²) in [6.45, 7) is 9.60. The molecule has 1 aliphatic carbocycles. The minimum atomic E-state index is -3.87. The molecular formula is C35H49N5O9S. The van der Waals surface area contributed by atoms with Crippen molar-refractivity contribution in [1.29, 1.82) is 0 Å². The number of alkyl carbamates (subject to hydrolysis) is 1. The van der Waals surface area contributed by atoms with E-state index in [0.717, 1.165) is 5.39 Å². The Kier molecular flexibility index (Phi) is 11.4. The summed E-state index contributed by atoms with van der Waals surface area (Å²) in [6.07, 6.45) is 3.30. The SMILES string of the molecule is CCC(CC)C(NC(=O)C1CC2CN1C(=O)C(C(C)(C)C)NC(=O)OCCCCOc1ccc3ccnc(c3c1)O2)C(=O)NS(=O)(=O)C1CC1. The quantitative estimate of drug-likeness (QED) is 0.366. The lowest BCUT2D eigenvalue weighted by Gasteiger charge is -2.35. The Morgan fingerprint density at radius 3 is 2.42 bits per heavy atom. The number of carbonyl (C=O) groups is 4. The molecule has 2 aromatic rings. The van der Waals surface area contributed by atoms with Gasteiger partial charge in [-0.15, -0.1) is 0 Å². The van der Waals surface area contributed by atoms with Crippen molar-refractivity contribution in [2.24, 2.45) is 11.3 Å². The zero-order valence-corrected chi connectivity index (χ0v) is 30.2. The fraction of sp³-hybridized carbons (Fsp3) is 0.629. The number of aromatic nitrogens is 1. The van der Waals surface area contributed by atoms with Crippen molar-refractivity contribution in [3.05, 3.63) is 30.5 Å². The fourth-order valence-corrected chi connectivity index (χ4v) is 7.77. The van der Waals surface area contributed by atoms with Gasteiger partial charge in [0.2, 0.25) is 27.7 Å². The van der Waals surface area contributed by atoms with Gasteiger partial charge in [0.15, 0.2) is 0 Å². The van der Waals surface area contributed by atoms with Gasteiger partial charge in [0.25, 0.3) is 5.91 Å². The molecule has 0 radical (unpaired) electrons. The predicted octanol–water partition coefficient (Wildman–Crippen LogP) is 3.43. The number of ether oxygens (including phenoxy) is 3. The summed E-state index contributed by atoms with van der Waals surface area (Å²) >= 11 is 0. The second-order valence-corrected chi connectivity index (χ2v) is 16.4. The van der Waals surface area contributed by atoms with E-state index in [0.29, 0.717) is 62.1 Å². The largest absolute Gasteiger partial charge is 0.494 e. The molecule has 5 rings (SSSR count). The molecule has 1 aromatic heterocycles. The van der Waals surface area contributed by atoms with Crippen LogP contribution in [0.15, 0.2) is 30.5 Å². The van der Waals surface area contributed by atoms with E-state index in [1.165, 1.54) is 4.90 Å². The van der Waals surface area contributed by atoms with E-state index < -0.39 is 68.7 Å². The molecule has 1 saturated carbocycles. The lowest BCUT2D eigenvalue weighted by molar-refractivity contribution is -0.142. The standard InChI is InChI=1S/C35H49N5O9S/c1-6-21(7-2)28(31(42)39-50(45,46)25-12-13-25)37-30(41)27-19-24-20-40(27)33(43)29(35(3,4)5)38-34(44)48-17-9-8-16-47-23-11-10-22-14-15-36-32(49-24)26(22)18-23/h10-11,14-15,18,21,24-25,27-29H,6-9,12-13,16-17,19-20H2,1-5H3,(H,37,41)(H,38,44)(H,39,42). The maximum absolute atomic E-state index is 14.4. The minimum Gasteiger partial charge on any atom is -0.494 e. The molecule has 3 aliphatic rings. The fourth-order valence-electron chi connectivity index (χ4n) is 6.44. The molecule has 3 N–H and O–H groups in total. The topological polar surface area (TPSA) is 182 Å². The van der Waals surface area contributed by atoms with Crippen LogP contribution in [-0.4, -0.2) is 91.4 Å². The van der Waals surface area contributed by atoms with Gasteiger partial charge in [-0.1, -0.05) is 53.5 Å². The summed E-state index contributed by atoms with van der Waals surface area (Å²) in [7, 11) is -3.87. The molecule has 15 heteroatoms. The molecule has 4 bridgehead atoms. The molecule has 2 fully saturated rings. The molecule has 14 nitrogen and oxygen atoms in total. The molecule has 50 heavy (non-hydrogen) atoms. The lowest BCUT2D eigenvalue weighted by Crippen LogP contribution is -2.60. The summed E-state index contributed by atoms with van der Waals surface area (Å²) < 4.78 is 45.3. The van der Waals surface area contributed by atoms with Crippen LogP contribution in [0.25, 0.3) is 10.8 Å². The first-order valence-corrected chi connectivity index (χ1v) is 19.0. The zero-order chi connectivity index (χ0) is 36.2. The highest BCUT2D eigenvalue weighted by molar-refractivity contribution is 7.90. The smallest absolute Gasteiger partial charge is 0.407 e. The number of rotatable bonds is 8. The molecule has 4 amide bonds. The van der Waals surface area contributed by atoms with E-state index in [-0.39, 0.29) is 25.5 Å². The van der Waals surface area contributed by atoms with Crippen LogP contribution in [0.2, 0.25) is 0 Å². The molecule has 4 atom stereocenters. The van der Waals surface area contributed by atoms with Crippen LogP contribution in [0.4, 0.5) is 4.79 Å². The first kappa shape index (κ1) is 37.1. The van der Waals surface area contributed by atoms with Gasteiger partial charge < -0.3 is 29.7 Å². The summed E-state index contributed by atoms with van der Waals surface area (Å²) in [4.78, 5) is 60.8. The average molecular weight is 716 g/mol. The van der Waals surface area contributed by atoms with Gasteiger partial charge >= 0.3 is 6.09 Å². The normalized spacial score (nSPS) is 22.8. The van der Waals surface area contributed by atoms with E-state index in [1.807, 2.05) is 38.1 Å². The second kappa shape index (κ2) is 15.4. The Morgan fingerprint density at radius 1 is 1.06 bits per heavy atom. The highest BCUT2D eigenvalue weighted by Gasteiger charge is 2.47. The van der Waals surface area contributed by atoms with Gasteiger partial charge in [-0.2, -0.15) is 0 Å². The van der Waals surface area contributed by atoms with Crippen molar-refractivity contribution in [3.63, 3.8) is 0 Å². The van der Waals surface area contributed by atoms with Crippen molar-refractivity contribution in [1.82, 2.24) is 25.2 Å². The van der Waals surface area contributed by atoms with Crippen LogP contribution in [0.5, 0.6) is 11.6 Å². The van der Waals surface area contributed by atoms with Gasteiger partial charge in [0.1, 0.15) is 30.0 Å². The molecule has 2 aliphatic heterocycles. The van der Waals surface area contributed by atoms with E-state index in [1.54, 1.807) is 27.0 Å². The maximum Gasteiger partial charge on any atom is 0.407 e. The van der Waals surface area contributed by atoms with E-state index in [4.69, 9.17) is 14.2 Å². The van der Waals surface area contributed by atoms with Crippen molar-refractivity contribution in [3.8, 4) is 11.6 Å². The Hall–Kier alpha value is -4.14. The van der Waals surface area contributed by atoms with Gasteiger partial charge in [-0.3, -0.25) is 19.1 Å². The number of nitrogens with one attached hydrogen (secondary N) is 3. The molecular weight excluding hydrogens is 666 g/mol. The van der Waals surface area contributed by atoms with Crippen LogP contribution >= 0.6 is 0 Å². The number of fused-ring (bicyclic) bond motifs is 3. The van der Waals surface area contributed by atoms with Crippen LogP contribution < -0.4 is 24.8 Å². The van der Waals surface area contributed by atoms with Crippen molar-refractivity contribution < 1.29 is 41.8 Å². The second-order valence-electron chi connectivity index (χ2n) is 14.4. The Morgan fingerprint density at radius 2 is 1.76 bits per heavy atom. The Bertz CT molecular complexity index is 1690. The summed E-state index contributed by atoms with van der Waals surface area (Å²) in [5.41, 5.74) is -0.784. The first-order chi connectivity index (χ1) is 23.7. The van der Waals surface area contributed by atoms with Crippen molar-refractivity contribution >= 4 is 44.6 Å². The van der Waals surface area contributed by atoms with Gasteiger partial charge in [0, 0.05) is 18.0 Å². The number of nitrogens with zero attached hydrogens (tertiary/aromatic N) is 2. The summed E-state index contributed by atoms with van der Waals surface area (Å²) in [5.74, 6) is -1.43. The van der Waals surface area contributed by atoms with Crippen LogP contribution in [0.3, 0.4) is 0 Å². The van der Waals surface area contributed by atoms with Crippen molar-refractivity contribution in [2.75, 3.05) is 19.8 Å². The molecule has 3 heterocycles. The number of benzene rings is 1. The molecule has 4 unspecified atom stereocenters. The molecule has 1 aromatic carbocycles. The third-order valence-electron chi connectivity index (χ3n) is 9.55. The molecule has 0 spiro atoms. The molecule has 1 saturated heterocycles. The van der Waals surface area contributed by atoms with Crippen LogP contribution in [-0.2, 0) is 29.1 Å². The van der Waals surface area contributed by atoms with Crippen LogP contribution in [0, 0.1) is 11.3 Å². The summed E-state index contributed by atoms with van der Waals surface area (Å²) in [5, 5.41) is 6.45. The van der Waals surface area contributed by atoms with E-state index >= 15 is 0 Å². The highest BCUT2D eigenvalue weighted by atomic mass is 32.2.